The number of benzene rings is 2. The van der Waals surface area contributed by atoms with Crippen molar-refractivity contribution >= 4 is 44.4 Å². The number of nitrogens with zero attached hydrogens (tertiary/aromatic N) is 7. The van der Waals surface area contributed by atoms with Crippen molar-refractivity contribution in [3.05, 3.63) is 78.0 Å². The van der Waals surface area contributed by atoms with Gasteiger partial charge in [-0.25, -0.2) is 13.8 Å². The fourth-order valence-electron chi connectivity index (χ4n) is 6.73. The van der Waals surface area contributed by atoms with E-state index in [1.54, 1.807) is 28.9 Å². The quantitative estimate of drug-likeness (QED) is 0.179. The Balaban J connectivity index is 1.44. The van der Waals surface area contributed by atoms with Crippen LogP contribution in [0.5, 0.6) is 11.5 Å². The molecule has 0 fully saturated rings. The lowest BCUT2D eigenvalue weighted by atomic mass is 9.95. The molecule has 2 aliphatic heterocycles. The van der Waals surface area contributed by atoms with Crippen LogP contribution in [0.25, 0.3) is 54.8 Å². The van der Waals surface area contributed by atoms with E-state index in [0.717, 1.165) is 28.0 Å². The predicted molar refractivity (Wildman–Crippen MR) is 191 cm³/mol. The average Bonchev–Trinajstić information content (AvgIpc) is 3.87. The summed E-state index contributed by atoms with van der Waals surface area (Å²) in [6.45, 7) is 8.47. The normalized spacial score (nSPS) is 18.4. The molecule has 0 radical (unpaired) electrons. The first kappa shape index (κ1) is 32.7. The van der Waals surface area contributed by atoms with Crippen molar-refractivity contribution in [3.63, 3.8) is 0 Å². The first-order valence-corrected chi connectivity index (χ1v) is 17.3. The predicted octanol–water partition coefficient (Wildman–Crippen LogP) is 6.95. The minimum atomic E-state index is -0.813. The van der Waals surface area contributed by atoms with Crippen molar-refractivity contribution in [1.29, 1.82) is 0 Å². The molecular weight excluding hydrogens is 677 g/mol. The highest BCUT2D eigenvalue weighted by molar-refractivity contribution is 7.18. The van der Waals surface area contributed by atoms with Gasteiger partial charge in [0.25, 0.3) is 0 Å². The number of aromatic nitrogens is 5. The van der Waals surface area contributed by atoms with Crippen LogP contribution in [0.15, 0.2) is 65.6 Å². The molecule has 2 aromatic carbocycles. The summed E-state index contributed by atoms with van der Waals surface area (Å²) in [7, 11) is 1.86. The summed E-state index contributed by atoms with van der Waals surface area (Å²) in [6.07, 6.45) is 4.25. The molecular formula is C37H33F2N7O4S. The van der Waals surface area contributed by atoms with Crippen molar-refractivity contribution < 1.29 is 27.8 Å². The molecule has 14 heteroatoms. The van der Waals surface area contributed by atoms with Gasteiger partial charge in [-0.2, -0.15) is 10.2 Å². The average molecular weight is 710 g/mol. The van der Waals surface area contributed by atoms with Crippen LogP contribution in [0.2, 0.25) is 0 Å². The number of carbonyl (C=O) groups excluding carboxylic acids is 1. The number of rotatable bonds is 2. The van der Waals surface area contributed by atoms with Gasteiger partial charge in [0.05, 0.1) is 47.4 Å². The fourth-order valence-corrected chi connectivity index (χ4v) is 7.68. The molecule has 4 aromatic heterocycles. The summed E-state index contributed by atoms with van der Waals surface area (Å²) < 4.78 is 53.8. The monoisotopic (exact) mass is 709 g/mol. The molecule has 8 rings (SSSR count). The van der Waals surface area contributed by atoms with E-state index < -0.39 is 17.7 Å². The van der Waals surface area contributed by atoms with Crippen molar-refractivity contribution in [3.8, 4) is 45.3 Å². The zero-order valence-corrected chi connectivity index (χ0v) is 28.9. The van der Waals surface area contributed by atoms with Gasteiger partial charge in [-0.1, -0.05) is 6.58 Å². The van der Waals surface area contributed by atoms with Crippen molar-refractivity contribution in [2.45, 2.75) is 32.5 Å². The van der Waals surface area contributed by atoms with Crippen LogP contribution in [-0.2, 0) is 23.1 Å². The number of aliphatic imine (C=N–C) groups is 1. The molecule has 1 amide bonds. The molecule has 51 heavy (non-hydrogen) atoms. The van der Waals surface area contributed by atoms with Gasteiger partial charge >= 0.3 is 0 Å². The summed E-state index contributed by atoms with van der Waals surface area (Å²) in [4.78, 5) is 24.1. The summed E-state index contributed by atoms with van der Waals surface area (Å²) in [5.74, 6) is -1.23. The lowest BCUT2D eigenvalue weighted by Gasteiger charge is -2.33. The topological polar surface area (TPSA) is 109 Å². The number of halogens is 2. The number of hydrogen-bond acceptors (Lipinski definition) is 9. The number of pyridine rings is 1. The molecule has 2 aliphatic rings. The molecule has 11 nitrogen and oxygen atoms in total. The van der Waals surface area contributed by atoms with E-state index in [1.165, 1.54) is 23.5 Å². The lowest BCUT2D eigenvalue weighted by molar-refractivity contribution is -0.129. The third-order valence-corrected chi connectivity index (χ3v) is 10.2. The highest BCUT2D eigenvalue weighted by Gasteiger charge is 2.32. The van der Waals surface area contributed by atoms with E-state index in [2.05, 4.69) is 16.7 Å². The van der Waals surface area contributed by atoms with Gasteiger partial charge in [0, 0.05) is 64.6 Å². The molecule has 6 heterocycles. The van der Waals surface area contributed by atoms with E-state index in [1.807, 2.05) is 48.3 Å². The molecule has 0 unspecified atom stereocenters. The Labute approximate surface area is 295 Å². The number of amides is 1. The van der Waals surface area contributed by atoms with Crippen LogP contribution in [0.4, 0.5) is 8.78 Å². The minimum absolute atomic E-state index is 0.00200. The molecule has 6 aromatic rings. The van der Waals surface area contributed by atoms with E-state index in [4.69, 9.17) is 24.3 Å². The summed E-state index contributed by atoms with van der Waals surface area (Å²) in [5.41, 5.74) is 4.18. The van der Waals surface area contributed by atoms with Crippen LogP contribution >= 0.6 is 11.3 Å². The van der Waals surface area contributed by atoms with Gasteiger partial charge in [0.2, 0.25) is 5.91 Å². The zero-order chi connectivity index (χ0) is 35.4. The second kappa shape index (κ2) is 13.0. The second-order valence-corrected chi connectivity index (χ2v) is 13.4. The van der Waals surface area contributed by atoms with E-state index >= 15 is 4.39 Å². The summed E-state index contributed by atoms with van der Waals surface area (Å²) in [6, 6.07) is 9.40. The van der Waals surface area contributed by atoms with Gasteiger partial charge in [-0.3, -0.25) is 19.2 Å². The van der Waals surface area contributed by atoms with Gasteiger partial charge in [0.15, 0.2) is 0 Å². The molecule has 0 saturated carbocycles. The number of thiophene rings is 1. The van der Waals surface area contributed by atoms with Gasteiger partial charge in [0.1, 0.15) is 54.5 Å². The number of carbonyl (C=O) groups is 1. The van der Waals surface area contributed by atoms with E-state index in [-0.39, 0.29) is 43.2 Å². The van der Waals surface area contributed by atoms with Crippen LogP contribution in [0.1, 0.15) is 25.6 Å². The molecule has 2 atom stereocenters. The van der Waals surface area contributed by atoms with Crippen LogP contribution in [-0.4, -0.2) is 74.2 Å². The molecule has 0 saturated heterocycles. The molecule has 0 N–H and O–H groups in total. The fraction of sp³-hybridized carbons (Fsp3) is 0.270. The highest BCUT2D eigenvalue weighted by atomic mass is 32.1. The van der Waals surface area contributed by atoms with Crippen molar-refractivity contribution in [1.82, 2.24) is 29.4 Å². The summed E-state index contributed by atoms with van der Waals surface area (Å²) >= 11 is 1.40. The van der Waals surface area contributed by atoms with E-state index in [9.17, 15) is 9.18 Å². The van der Waals surface area contributed by atoms with Crippen LogP contribution in [0.3, 0.4) is 0 Å². The SMILES string of the molecule is C=CC(=O)N1CCn2nc(-c3nc4c5ccsc5c3-c3c(F)cc(F)cc3OC[C@@H](C)OC/N=C/COc3cc5c(cnn5C)cc3-4)cc2[C@H]1C. The van der Waals surface area contributed by atoms with Crippen LogP contribution in [0, 0.1) is 11.6 Å². The Morgan fingerprint density at radius 2 is 1.92 bits per heavy atom. The van der Waals surface area contributed by atoms with Gasteiger partial charge < -0.3 is 19.1 Å². The standard InChI is InChI=1S/C37H33F2N7O4S/c1-5-32(47)45-8-9-46-28(21(45)3)15-27(43-46)36-34-33-26(39)13-23(38)14-31(33)49-18-20(2)50-19-40-7-10-48-30-16-29-22(17-41-44(29)4)12-25(30)35(42-36)24-6-11-51-37(24)34/h5-7,11-17,20-21H,1,8-10,18-19H2,2-4H3/b40-7+/t20-,21-/m1/s1. The molecule has 0 aliphatic carbocycles. The van der Waals surface area contributed by atoms with E-state index in [0.29, 0.717) is 51.7 Å². The maximum atomic E-state index is 16.3. The number of aryl methyl sites for hydroxylation is 1. The highest BCUT2D eigenvalue weighted by Crippen LogP contribution is 2.49. The lowest BCUT2D eigenvalue weighted by Crippen LogP contribution is -2.40. The number of fused-ring (bicyclic) bond motifs is 6. The molecule has 0 spiro atoms. The van der Waals surface area contributed by atoms with Gasteiger partial charge in [-0.15, -0.1) is 11.3 Å². The zero-order valence-electron chi connectivity index (χ0n) is 28.1. The maximum absolute atomic E-state index is 16.3. The van der Waals surface area contributed by atoms with Crippen molar-refractivity contribution in [2.24, 2.45) is 12.0 Å². The maximum Gasteiger partial charge on any atom is 0.246 e. The first-order valence-electron chi connectivity index (χ1n) is 16.4. The van der Waals surface area contributed by atoms with Crippen LogP contribution < -0.4 is 9.47 Å². The smallest absolute Gasteiger partial charge is 0.246 e. The molecule has 2 bridgehead atoms. The third-order valence-electron chi connectivity index (χ3n) is 9.29. The third kappa shape index (κ3) is 5.73. The Morgan fingerprint density at radius 1 is 1.06 bits per heavy atom. The first-order chi connectivity index (χ1) is 24.7. The van der Waals surface area contributed by atoms with Crippen molar-refractivity contribution in [2.75, 3.05) is 26.5 Å². The van der Waals surface area contributed by atoms with Gasteiger partial charge in [-0.05, 0) is 43.5 Å². The Morgan fingerprint density at radius 3 is 2.76 bits per heavy atom. The minimum Gasteiger partial charge on any atom is -0.490 e. The molecule has 260 valence electrons. The number of ether oxygens (including phenoxy) is 3. The second-order valence-electron chi connectivity index (χ2n) is 12.5. The summed E-state index contributed by atoms with van der Waals surface area (Å²) in [5, 5.41) is 12.9. The Bertz CT molecular complexity index is 2380. The largest absolute Gasteiger partial charge is 0.490 e. The number of hydrogen-bond donors (Lipinski definition) is 0. The Kier molecular flexibility index (Phi) is 8.35. The Hall–Kier alpha value is -5.47.